The van der Waals surface area contributed by atoms with Gasteiger partial charge in [0.2, 0.25) is 5.91 Å². The number of amides is 1. The number of halogens is 2. The summed E-state index contributed by atoms with van der Waals surface area (Å²) in [5, 5.41) is 12.7. The van der Waals surface area contributed by atoms with Crippen LogP contribution in [0.25, 0.3) is 0 Å². The number of fused-ring (bicyclic) bond motifs is 1. The van der Waals surface area contributed by atoms with Crippen molar-refractivity contribution in [2.24, 2.45) is 5.41 Å². The highest BCUT2D eigenvalue weighted by atomic mass is 35.5. The summed E-state index contributed by atoms with van der Waals surface area (Å²) >= 11 is 13.5. The number of hydrogen-bond donors (Lipinski definition) is 1. The zero-order valence-corrected chi connectivity index (χ0v) is 12.7. The van der Waals surface area contributed by atoms with Crippen LogP contribution in [0, 0.1) is 16.7 Å². The van der Waals surface area contributed by atoms with Crippen LogP contribution in [0.3, 0.4) is 0 Å². The van der Waals surface area contributed by atoms with Gasteiger partial charge in [-0.25, -0.2) is 0 Å². The van der Waals surface area contributed by atoms with Gasteiger partial charge in [0.25, 0.3) is 0 Å². The van der Waals surface area contributed by atoms with Crippen molar-refractivity contribution in [2.45, 2.75) is 36.9 Å². The van der Waals surface area contributed by atoms with Gasteiger partial charge < -0.3 is 5.32 Å². The molecule has 1 fully saturated rings. The number of hydrogen-bond acceptors (Lipinski definition) is 3. The molecule has 3 rings (SSSR count). The Morgan fingerprint density at radius 1 is 1.47 bits per heavy atom. The highest BCUT2D eigenvalue weighted by Gasteiger charge is 2.68. The molecule has 1 heterocycles. The quantitative estimate of drug-likeness (QED) is 0.847. The van der Waals surface area contributed by atoms with E-state index in [1.807, 2.05) is 0 Å². The van der Waals surface area contributed by atoms with Gasteiger partial charge in [0, 0.05) is 4.88 Å². The molecule has 6 heteroatoms. The van der Waals surface area contributed by atoms with Crippen LogP contribution in [0.4, 0.5) is 5.00 Å². The number of carbonyl (C=O) groups excluding carboxylic acids is 1. The molecule has 19 heavy (non-hydrogen) atoms. The molecule has 0 saturated heterocycles. The van der Waals surface area contributed by atoms with E-state index in [0.29, 0.717) is 17.0 Å². The number of nitrogens with zero attached hydrogens (tertiary/aromatic N) is 1. The van der Waals surface area contributed by atoms with Crippen LogP contribution in [0.1, 0.15) is 35.8 Å². The molecule has 1 amide bonds. The minimum atomic E-state index is -0.982. The lowest BCUT2D eigenvalue weighted by Crippen LogP contribution is -2.25. The van der Waals surface area contributed by atoms with E-state index < -0.39 is 9.75 Å². The first-order valence-electron chi connectivity index (χ1n) is 6.13. The van der Waals surface area contributed by atoms with E-state index in [4.69, 9.17) is 23.2 Å². The summed E-state index contributed by atoms with van der Waals surface area (Å²) in [5.74, 6) is -0.200. The molecule has 2 aliphatic rings. The SMILES string of the molecule is C[C@@]1(C(=O)Nc2sc3c(c2C#N)CCC3)CC1(Cl)Cl. The number of nitrogens with one attached hydrogen (secondary N) is 1. The third kappa shape index (κ3) is 1.87. The molecule has 0 aliphatic heterocycles. The van der Waals surface area contributed by atoms with Gasteiger partial charge in [-0.1, -0.05) is 0 Å². The number of alkyl halides is 2. The predicted octanol–water partition coefficient (Wildman–Crippen LogP) is 3.63. The number of carbonyl (C=O) groups is 1. The van der Waals surface area contributed by atoms with Crippen molar-refractivity contribution < 1.29 is 4.79 Å². The second-order valence-corrected chi connectivity index (χ2v) is 7.93. The summed E-state index contributed by atoms with van der Waals surface area (Å²) in [4.78, 5) is 13.4. The molecule has 1 aromatic heterocycles. The maximum atomic E-state index is 12.2. The Morgan fingerprint density at radius 2 is 2.16 bits per heavy atom. The van der Waals surface area contributed by atoms with Crippen molar-refractivity contribution in [2.75, 3.05) is 5.32 Å². The van der Waals surface area contributed by atoms with Gasteiger partial charge in [0.15, 0.2) is 0 Å². The van der Waals surface area contributed by atoms with E-state index in [0.717, 1.165) is 24.8 Å². The lowest BCUT2D eigenvalue weighted by molar-refractivity contribution is -0.120. The monoisotopic (exact) mass is 314 g/mol. The average molecular weight is 315 g/mol. The maximum absolute atomic E-state index is 12.2. The summed E-state index contributed by atoms with van der Waals surface area (Å²) in [6.07, 6.45) is 3.46. The first kappa shape index (κ1) is 13.2. The Balaban J connectivity index is 1.86. The van der Waals surface area contributed by atoms with E-state index in [-0.39, 0.29) is 5.91 Å². The van der Waals surface area contributed by atoms with Crippen LogP contribution < -0.4 is 5.32 Å². The first-order valence-corrected chi connectivity index (χ1v) is 7.70. The maximum Gasteiger partial charge on any atom is 0.234 e. The molecule has 100 valence electrons. The Morgan fingerprint density at radius 3 is 2.74 bits per heavy atom. The molecule has 1 atom stereocenters. The molecule has 0 bridgehead atoms. The number of nitriles is 1. The second-order valence-electron chi connectivity index (χ2n) is 5.34. The average Bonchev–Trinajstić information content (AvgIpc) is 2.71. The van der Waals surface area contributed by atoms with Crippen molar-refractivity contribution in [1.29, 1.82) is 5.26 Å². The van der Waals surface area contributed by atoms with Crippen molar-refractivity contribution in [1.82, 2.24) is 0 Å². The first-order chi connectivity index (χ1) is 8.89. The van der Waals surface area contributed by atoms with Crippen LogP contribution in [-0.2, 0) is 17.6 Å². The zero-order chi connectivity index (χ0) is 13.8. The zero-order valence-electron chi connectivity index (χ0n) is 10.3. The Labute approximate surface area is 125 Å². The van der Waals surface area contributed by atoms with Gasteiger partial charge >= 0.3 is 0 Å². The fourth-order valence-corrected chi connectivity index (χ4v) is 4.44. The van der Waals surface area contributed by atoms with E-state index in [1.165, 1.54) is 16.2 Å². The van der Waals surface area contributed by atoms with Crippen LogP contribution in [0.5, 0.6) is 0 Å². The number of rotatable bonds is 2. The van der Waals surface area contributed by atoms with E-state index >= 15 is 0 Å². The van der Waals surface area contributed by atoms with Crippen LogP contribution >= 0.6 is 34.5 Å². The summed E-state index contributed by atoms with van der Waals surface area (Å²) in [5.41, 5.74) is 0.966. The van der Waals surface area contributed by atoms with Crippen LogP contribution in [0.15, 0.2) is 0 Å². The van der Waals surface area contributed by atoms with Crippen LogP contribution in [-0.4, -0.2) is 10.2 Å². The number of anilines is 1. The third-order valence-corrected chi connectivity index (χ3v) is 6.33. The largest absolute Gasteiger partial charge is 0.316 e. The summed E-state index contributed by atoms with van der Waals surface area (Å²) in [6.45, 7) is 1.75. The molecule has 0 spiro atoms. The van der Waals surface area contributed by atoms with Crippen LogP contribution in [0.2, 0.25) is 0 Å². The molecule has 3 nitrogen and oxygen atoms in total. The lowest BCUT2D eigenvalue weighted by Gasteiger charge is -2.11. The molecule has 2 aliphatic carbocycles. The molecule has 1 N–H and O–H groups in total. The number of aryl methyl sites for hydroxylation is 1. The molecule has 0 aromatic carbocycles. The predicted molar refractivity (Wildman–Crippen MR) is 76.8 cm³/mol. The van der Waals surface area contributed by atoms with Gasteiger partial charge in [0.05, 0.1) is 11.0 Å². The molecule has 1 aromatic rings. The van der Waals surface area contributed by atoms with Crippen molar-refractivity contribution >= 4 is 45.4 Å². The minimum absolute atomic E-state index is 0.200. The smallest absolute Gasteiger partial charge is 0.234 e. The molecular formula is C13H12Cl2N2OS. The van der Waals surface area contributed by atoms with Gasteiger partial charge in [-0.3, -0.25) is 4.79 Å². The Hall–Kier alpha value is -0.760. The minimum Gasteiger partial charge on any atom is -0.316 e. The highest BCUT2D eigenvalue weighted by Crippen LogP contribution is 2.64. The van der Waals surface area contributed by atoms with Gasteiger partial charge in [-0.15, -0.1) is 34.5 Å². The van der Waals surface area contributed by atoms with Crippen molar-refractivity contribution in [3.05, 3.63) is 16.0 Å². The molecule has 0 unspecified atom stereocenters. The van der Waals surface area contributed by atoms with E-state index in [1.54, 1.807) is 6.92 Å². The van der Waals surface area contributed by atoms with E-state index in [9.17, 15) is 10.1 Å². The van der Waals surface area contributed by atoms with Crippen molar-refractivity contribution in [3.63, 3.8) is 0 Å². The van der Waals surface area contributed by atoms with E-state index in [2.05, 4.69) is 11.4 Å². The summed E-state index contributed by atoms with van der Waals surface area (Å²) < 4.78 is -0.982. The standard InChI is InChI=1S/C13H12Cl2N2OS/c1-12(6-13(12,14)15)11(18)17-10-8(5-16)7-3-2-4-9(7)19-10/h2-4,6H2,1H3,(H,17,18)/t12-/m0/s1. The summed E-state index contributed by atoms with van der Waals surface area (Å²) in [6, 6.07) is 2.20. The van der Waals surface area contributed by atoms with Gasteiger partial charge in [-0.05, 0) is 38.2 Å². The Bertz CT molecular complexity index is 617. The highest BCUT2D eigenvalue weighted by molar-refractivity contribution is 7.16. The topological polar surface area (TPSA) is 52.9 Å². The van der Waals surface area contributed by atoms with Gasteiger partial charge in [0.1, 0.15) is 15.4 Å². The fourth-order valence-electron chi connectivity index (χ4n) is 2.50. The lowest BCUT2D eigenvalue weighted by atomic mass is 10.1. The molecule has 0 radical (unpaired) electrons. The normalized spacial score (nSPS) is 26.6. The Kier molecular flexibility index (Phi) is 2.87. The van der Waals surface area contributed by atoms with Crippen molar-refractivity contribution in [3.8, 4) is 6.07 Å². The van der Waals surface area contributed by atoms with Gasteiger partial charge in [-0.2, -0.15) is 5.26 Å². The summed E-state index contributed by atoms with van der Waals surface area (Å²) in [7, 11) is 0. The number of thiophene rings is 1. The second kappa shape index (κ2) is 4.12. The third-order valence-electron chi connectivity index (χ3n) is 4.02. The molecular weight excluding hydrogens is 303 g/mol. The fraction of sp³-hybridized carbons (Fsp3) is 0.538. The molecule has 1 saturated carbocycles.